The van der Waals surface area contributed by atoms with Crippen LogP contribution in [0, 0.1) is 5.92 Å². The summed E-state index contributed by atoms with van der Waals surface area (Å²) in [4.78, 5) is 3.75. The van der Waals surface area contributed by atoms with E-state index in [9.17, 15) is 17.2 Å². The first-order chi connectivity index (χ1) is 11.5. The van der Waals surface area contributed by atoms with Crippen LogP contribution in [0.25, 0.3) is 10.8 Å². The second-order valence-corrected chi connectivity index (χ2v) is 8.22. The van der Waals surface area contributed by atoms with E-state index in [4.69, 9.17) is 0 Å². The van der Waals surface area contributed by atoms with Crippen LogP contribution in [-0.2, 0) is 10.0 Å². The molecule has 0 aliphatic carbocycles. The number of hydrogen-bond donors (Lipinski definition) is 1. The summed E-state index contributed by atoms with van der Waals surface area (Å²) in [6, 6.07) is 4.74. The number of aromatic nitrogens is 1. The highest BCUT2D eigenvalue weighted by Gasteiger charge is 2.42. The monoisotopic (exact) mass is 353 g/mol. The summed E-state index contributed by atoms with van der Waals surface area (Å²) in [5.74, 6) is 0.297. The van der Waals surface area contributed by atoms with Crippen LogP contribution in [0.15, 0.2) is 35.5 Å². The lowest BCUT2D eigenvalue weighted by Crippen LogP contribution is -2.34. The standard InChI is InChI=1S/C16H17F2N3O2S/c17-16(18)12-7-19-6-10-2-1-3-14(15(10)12)24(22,23)21-8-11-4-5-20-13(11)9-21/h1-3,6-7,11,13,16,20H,4-5,8-9H2. The van der Waals surface area contributed by atoms with Gasteiger partial charge in [-0.05, 0) is 24.9 Å². The Morgan fingerprint density at radius 1 is 1.25 bits per heavy atom. The topological polar surface area (TPSA) is 62.3 Å². The molecule has 3 heterocycles. The molecule has 2 unspecified atom stereocenters. The van der Waals surface area contributed by atoms with E-state index in [0.717, 1.165) is 19.2 Å². The Balaban J connectivity index is 1.84. The molecule has 2 atom stereocenters. The van der Waals surface area contributed by atoms with E-state index in [1.165, 1.54) is 16.6 Å². The van der Waals surface area contributed by atoms with Crippen molar-refractivity contribution in [1.29, 1.82) is 0 Å². The Bertz CT molecular complexity index is 871. The van der Waals surface area contributed by atoms with Crippen molar-refractivity contribution in [1.82, 2.24) is 14.6 Å². The Labute approximate surface area is 138 Å². The lowest BCUT2D eigenvalue weighted by Gasteiger charge is -2.19. The van der Waals surface area contributed by atoms with Crippen molar-refractivity contribution >= 4 is 20.8 Å². The first-order valence-electron chi connectivity index (χ1n) is 7.87. The van der Waals surface area contributed by atoms with Gasteiger partial charge in [-0.15, -0.1) is 0 Å². The lowest BCUT2D eigenvalue weighted by molar-refractivity contribution is 0.152. The molecule has 2 aromatic rings. The number of rotatable bonds is 3. The predicted octanol–water partition coefficient (Wildman–Crippen LogP) is 2.15. The second-order valence-electron chi connectivity index (χ2n) is 6.32. The normalized spacial score (nSPS) is 24.8. The summed E-state index contributed by atoms with van der Waals surface area (Å²) in [7, 11) is -3.83. The van der Waals surface area contributed by atoms with Gasteiger partial charge >= 0.3 is 0 Å². The maximum Gasteiger partial charge on any atom is 0.265 e. The molecule has 8 heteroatoms. The quantitative estimate of drug-likeness (QED) is 0.919. The van der Waals surface area contributed by atoms with Crippen LogP contribution in [0.5, 0.6) is 0 Å². The van der Waals surface area contributed by atoms with Crippen molar-refractivity contribution in [2.45, 2.75) is 23.8 Å². The molecular formula is C16H17F2N3O2S. The molecule has 1 aromatic heterocycles. The maximum atomic E-state index is 13.4. The molecule has 0 radical (unpaired) electrons. The van der Waals surface area contributed by atoms with Gasteiger partial charge in [0.1, 0.15) is 0 Å². The molecule has 2 fully saturated rings. The van der Waals surface area contributed by atoms with E-state index in [2.05, 4.69) is 10.3 Å². The number of nitrogens with zero attached hydrogens (tertiary/aromatic N) is 2. The number of benzene rings is 1. The van der Waals surface area contributed by atoms with Gasteiger partial charge in [-0.2, -0.15) is 4.31 Å². The zero-order valence-corrected chi connectivity index (χ0v) is 13.6. The smallest absolute Gasteiger partial charge is 0.265 e. The SMILES string of the molecule is O=S(=O)(c1cccc2cncc(C(F)F)c12)N1CC2CCNC2C1. The zero-order valence-electron chi connectivity index (χ0n) is 12.8. The average Bonchev–Trinajstić information content (AvgIpc) is 3.15. The van der Waals surface area contributed by atoms with Gasteiger partial charge in [-0.3, -0.25) is 4.98 Å². The van der Waals surface area contributed by atoms with Crippen molar-refractivity contribution in [2.75, 3.05) is 19.6 Å². The first kappa shape index (κ1) is 15.9. The van der Waals surface area contributed by atoms with Crippen LogP contribution in [-0.4, -0.2) is 43.4 Å². The highest BCUT2D eigenvalue weighted by Crippen LogP contribution is 2.35. The van der Waals surface area contributed by atoms with Gasteiger partial charge in [-0.1, -0.05) is 12.1 Å². The number of alkyl halides is 2. The van der Waals surface area contributed by atoms with E-state index in [-0.39, 0.29) is 21.9 Å². The molecule has 24 heavy (non-hydrogen) atoms. The summed E-state index contributed by atoms with van der Waals surface area (Å²) in [5, 5.41) is 3.79. The van der Waals surface area contributed by atoms with Gasteiger partial charge in [0.2, 0.25) is 10.0 Å². The van der Waals surface area contributed by atoms with Gasteiger partial charge in [0.05, 0.1) is 4.90 Å². The van der Waals surface area contributed by atoms with Gasteiger partial charge in [0.25, 0.3) is 6.43 Å². The Morgan fingerprint density at radius 3 is 2.83 bits per heavy atom. The fraction of sp³-hybridized carbons (Fsp3) is 0.438. The van der Waals surface area contributed by atoms with Gasteiger partial charge in [-0.25, -0.2) is 17.2 Å². The van der Waals surface area contributed by atoms with Crippen LogP contribution >= 0.6 is 0 Å². The van der Waals surface area contributed by atoms with Crippen molar-refractivity contribution < 1.29 is 17.2 Å². The highest BCUT2D eigenvalue weighted by atomic mass is 32.2. The third-order valence-electron chi connectivity index (χ3n) is 4.96. The summed E-state index contributed by atoms with van der Waals surface area (Å²) in [6.07, 6.45) is 0.628. The van der Waals surface area contributed by atoms with Crippen molar-refractivity contribution in [3.63, 3.8) is 0 Å². The van der Waals surface area contributed by atoms with Gasteiger partial charge in [0.15, 0.2) is 0 Å². The summed E-state index contributed by atoms with van der Waals surface area (Å²) in [5.41, 5.74) is -0.343. The second kappa shape index (κ2) is 5.72. The Hall–Kier alpha value is -1.64. The molecule has 0 saturated carbocycles. The minimum absolute atomic E-state index is 0.0577. The molecule has 2 saturated heterocycles. The largest absolute Gasteiger partial charge is 0.312 e. The molecule has 0 amide bonds. The molecule has 5 nitrogen and oxygen atoms in total. The molecule has 2 aliphatic rings. The molecule has 1 aromatic carbocycles. The fourth-order valence-corrected chi connectivity index (χ4v) is 5.52. The minimum atomic E-state index is -3.83. The molecular weight excluding hydrogens is 336 g/mol. The molecule has 128 valence electrons. The van der Waals surface area contributed by atoms with Crippen molar-refractivity contribution in [3.8, 4) is 0 Å². The van der Waals surface area contributed by atoms with Crippen molar-refractivity contribution in [2.24, 2.45) is 5.92 Å². The molecule has 0 spiro atoms. The number of nitrogens with one attached hydrogen (secondary N) is 1. The predicted molar refractivity (Wildman–Crippen MR) is 85.4 cm³/mol. The minimum Gasteiger partial charge on any atom is -0.312 e. The summed E-state index contributed by atoms with van der Waals surface area (Å²) < 4.78 is 54.3. The van der Waals surface area contributed by atoms with Crippen LogP contribution in [0.1, 0.15) is 18.4 Å². The van der Waals surface area contributed by atoms with Gasteiger partial charge < -0.3 is 5.32 Å². The van der Waals surface area contributed by atoms with E-state index < -0.39 is 16.4 Å². The van der Waals surface area contributed by atoms with Crippen LogP contribution < -0.4 is 5.32 Å². The third-order valence-corrected chi connectivity index (χ3v) is 6.83. The molecule has 4 rings (SSSR count). The third kappa shape index (κ3) is 2.40. The fourth-order valence-electron chi connectivity index (χ4n) is 3.75. The van der Waals surface area contributed by atoms with Crippen molar-refractivity contribution in [3.05, 3.63) is 36.2 Å². The van der Waals surface area contributed by atoms with E-state index in [0.29, 0.717) is 24.4 Å². The summed E-state index contributed by atoms with van der Waals surface area (Å²) >= 11 is 0. The number of fused-ring (bicyclic) bond motifs is 2. The number of sulfonamides is 1. The van der Waals surface area contributed by atoms with Crippen LogP contribution in [0.2, 0.25) is 0 Å². The lowest BCUT2D eigenvalue weighted by atomic mass is 10.1. The Kier molecular flexibility index (Phi) is 3.78. The van der Waals surface area contributed by atoms with E-state index in [1.807, 2.05) is 0 Å². The van der Waals surface area contributed by atoms with Crippen LogP contribution in [0.4, 0.5) is 8.78 Å². The van der Waals surface area contributed by atoms with Crippen LogP contribution in [0.3, 0.4) is 0 Å². The van der Waals surface area contributed by atoms with E-state index in [1.54, 1.807) is 12.1 Å². The number of pyridine rings is 1. The number of hydrogen-bond acceptors (Lipinski definition) is 4. The maximum absolute atomic E-state index is 13.4. The van der Waals surface area contributed by atoms with E-state index >= 15 is 0 Å². The molecule has 0 bridgehead atoms. The molecule has 2 aliphatic heterocycles. The average molecular weight is 353 g/mol. The molecule has 1 N–H and O–H groups in total. The first-order valence-corrected chi connectivity index (χ1v) is 9.31. The number of halogens is 2. The van der Waals surface area contributed by atoms with Gasteiger partial charge in [0, 0.05) is 47.9 Å². The zero-order chi connectivity index (χ0) is 16.9. The summed E-state index contributed by atoms with van der Waals surface area (Å²) in [6.45, 7) is 1.72. The highest BCUT2D eigenvalue weighted by molar-refractivity contribution is 7.89. The Morgan fingerprint density at radius 2 is 2.08 bits per heavy atom.